The third kappa shape index (κ3) is 3.48. The Hall–Kier alpha value is -1.44. The van der Waals surface area contributed by atoms with E-state index in [9.17, 15) is 18.4 Å². The number of nitrogens with one attached hydrogen (secondary N) is 1. The number of hydrogen-bond acceptors (Lipinski definition) is 3. The molecule has 4 aliphatic rings. The van der Waals surface area contributed by atoms with Crippen molar-refractivity contribution in [1.82, 2.24) is 15.1 Å². The first-order chi connectivity index (χ1) is 13.2. The molecule has 1 aliphatic carbocycles. The Kier molecular flexibility index (Phi) is 5.04. The molecule has 0 aromatic carbocycles. The summed E-state index contributed by atoms with van der Waals surface area (Å²) in [6.07, 6.45) is 2.86. The van der Waals surface area contributed by atoms with Crippen LogP contribution in [0.25, 0.3) is 0 Å². The van der Waals surface area contributed by atoms with Crippen molar-refractivity contribution in [3.8, 4) is 0 Å². The lowest BCUT2D eigenvalue weighted by molar-refractivity contribution is -0.137. The normalized spacial score (nSPS) is 34.6. The van der Waals surface area contributed by atoms with Crippen LogP contribution < -0.4 is 5.32 Å². The van der Waals surface area contributed by atoms with Gasteiger partial charge < -0.3 is 19.9 Å². The number of fused-ring (bicyclic) bond motifs is 2. The average Bonchev–Trinajstić information content (AvgIpc) is 3.02. The average molecular weight is 399 g/mol. The van der Waals surface area contributed by atoms with Gasteiger partial charge in [-0.25, -0.2) is 13.6 Å². The molecule has 1 N–H and O–H groups in total. The fraction of sp³-hybridized carbons (Fsp3) is 0.900. The maximum atomic E-state index is 13.9. The van der Waals surface area contributed by atoms with E-state index in [1.807, 2.05) is 13.8 Å². The lowest BCUT2D eigenvalue weighted by Gasteiger charge is -2.40. The number of halogens is 2. The lowest BCUT2D eigenvalue weighted by atomic mass is 9.87. The summed E-state index contributed by atoms with van der Waals surface area (Å²) in [6.45, 7) is 6.15. The zero-order valence-electron chi connectivity index (χ0n) is 16.8. The van der Waals surface area contributed by atoms with Gasteiger partial charge in [-0.05, 0) is 38.0 Å². The van der Waals surface area contributed by atoms with E-state index in [1.54, 1.807) is 9.80 Å². The molecule has 2 unspecified atom stereocenters. The van der Waals surface area contributed by atoms with Crippen LogP contribution >= 0.6 is 0 Å². The Morgan fingerprint density at radius 3 is 2.21 bits per heavy atom. The zero-order chi connectivity index (χ0) is 20.1. The Morgan fingerprint density at radius 1 is 1.14 bits per heavy atom. The van der Waals surface area contributed by atoms with Gasteiger partial charge in [0.15, 0.2) is 0 Å². The molecule has 0 radical (unpaired) electrons. The maximum Gasteiger partial charge on any atom is 0.318 e. The molecular formula is C20H31F2N3O3. The van der Waals surface area contributed by atoms with Gasteiger partial charge in [0.05, 0.1) is 13.2 Å². The summed E-state index contributed by atoms with van der Waals surface area (Å²) in [6, 6.07) is -1.11. The van der Waals surface area contributed by atoms with E-state index in [2.05, 4.69) is 5.32 Å². The van der Waals surface area contributed by atoms with E-state index in [0.717, 1.165) is 12.8 Å². The van der Waals surface area contributed by atoms with E-state index < -0.39 is 17.4 Å². The predicted molar refractivity (Wildman–Crippen MR) is 99.1 cm³/mol. The van der Waals surface area contributed by atoms with Gasteiger partial charge in [-0.1, -0.05) is 13.8 Å². The van der Waals surface area contributed by atoms with Crippen molar-refractivity contribution >= 4 is 11.9 Å². The minimum atomic E-state index is -2.57. The molecule has 3 aliphatic heterocycles. The quantitative estimate of drug-likeness (QED) is 0.791. The number of ether oxygens (including phenoxy) is 1. The van der Waals surface area contributed by atoms with Crippen molar-refractivity contribution < 1.29 is 23.1 Å². The standard InChI is InChI=1S/C20H31F2N3O3/c1-13(2)9-16(17(26)24-5-7-28-8-6-24)23-18(27)25-14-3-4-15(25)11-19(10-14)12-20(19,21)22/h13-16H,3-12H2,1-2H3,(H,23,27)/t14?,15?,16-,19?/m0/s1. The second-order valence-corrected chi connectivity index (χ2v) is 9.43. The van der Waals surface area contributed by atoms with Crippen molar-refractivity contribution in [3.05, 3.63) is 0 Å². The molecule has 0 aromatic heterocycles. The summed E-state index contributed by atoms with van der Waals surface area (Å²) in [5.74, 6) is -2.38. The molecule has 158 valence electrons. The number of urea groups is 1. The van der Waals surface area contributed by atoms with Crippen LogP contribution in [0.4, 0.5) is 13.6 Å². The smallest absolute Gasteiger partial charge is 0.318 e. The Labute approximate surface area is 164 Å². The molecule has 3 atom stereocenters. The van der Waals surface area contributed by atoms with E-state index in [4.69, 9.17) is 4.74 Å². The molecule has 0 aromatic rings. The molecule has 3 amide bonds. The molecule has 28 heavy (non-hydrogen) atoms. The van der Waals surface area contributed by atoms with Crippen molar-refractivity contribution in [1.29, 1.82) is 0 Å². The van der Waals surface area contributed by atoms with Crippen molar-refractivity contribution in [2.45, 2.75) is 76.4 Å². The largest absolute Gasteiger partial charge is 0.378 e. The summed E-state index contributed by atoms with van der Waals surface area (Å²) in [5.41, 5.74) is -0.878. The summed E-state index contributed by atoms with van der Waals surface area (Å²) in [4.78, 5) is 29.5. The number of nitrogens with zero attached hydrogens (tertiary/aromatic N) is 2. The van der Waals surface area contributed by atoms with Gasteiger partial charge in [0, 0.05) is 37.0 Å². The van der Waals surface area contributed by atoms with Crippen LogP contribution in [-0.2, 0) is 9.53 Å². The number of carbonyl (C=O) groups excluding carboxylic acids is 2. The highest BCUT2D eigenvalue weighted by Crippen LogP contribution is 2.69. The van der Waals surface area contributed by atoms with Gasteiger partial charge in [0.2, 0.25) is 5.91 Å². The van der Waals surface area contributed by atoms with Crippen LogP contribution in [0.3, 0.4) is 0 Å². The van der Waals surface area contributed by atoms with Crippen molar-refractivity contribution in [2.24, 2.45) is 11.3 Å². The number of piperidine rings is 1. The first-order valence-electron chi connectivity index (χ1n) is 10.6. The van der Waals surface area contributed by atoms with Gasteiger partial charge in [0.1, 0.15) is 6.04 Å². The molecule has 4 rings (SSSR count). The fourth-order valence-electron chi connectivity index (χ4n) is 5.42. The second kappa shape index (κ2) is 7.11. The molecule has 6 nitrogen and oxygen atoms in total. The summed E-state index contributed by atoms with van der Waals surface area (Å²) in [5, 5.41) is 2.95. The first kappa shape index (κ1) is 19.9. The van der Waals surface area contributed by atoms with E-state index in [-0.39, 0.29) is 36.4 Å². The van der Waals surface area contributed by atoms with Gasteiger partial charge in [-0.15, -0.1) is 0 Å². The van der Waals surface area contributed by atoms with Crippen LogP contribution in [-0.4, -0.2) is 72.1 Å². The third-order valence-corrected chi connectivity index (χ3v) is 6.94. The minimum Gasteiger partial charge on any atom is -0.378 e. The number of hydrogen-bond donors (Lipinski definition) is 1. The highest BCUT2D eigenvalue weighted by Gasteiger charge is 2.74. The van der Waals surface area contributed by atoms with Gasteiger partial charge >= 0.3 is 6.03 Å². The molecule has 3 heterocycles. The highest BCUT2D eigenvalue weighted by atomic mass is 19.3. The van der Waals surface area contributed by atoms with Crippen LogP contribution in [0.5, 0.6) is 0 Å². The van der Waals surface area contributed by atoms with Gasteiger partial charge in [0.25, 0.3) is 5.92 Å². The first-order valence-corrected chi connectivity index (χ1v) is 10.6. The van der Waals surface area contributed by atoms with Crippen molar-refractivity contribution in [3.63, 3.8) is 0 Å². The van der Waals surface area contributed by atoms with Gasteiger partial charge in [-0.2, -0.15) is 0 Å². The molecular weight excluding hydrogens is 368 g/mol. The Bertz CT molecular complexity index is 622. The maximum absolute atomic E-state index is 13.9. The van der Waals surface area contributed by atoms with Gasteiger partial charge in [-0.3, -0.25) is 4.79 Å². The summed E-state index contributed by atoms with van der Waals surface area (Å²) < 4.78 is 33.0. The topological polar surface area (TPSA) is 61.9 Å². The fourth-order valence-corrected chi connectivity index (χ4v) is 5.42. The highest BCUT2D eigenvalue weighted by molar-refractivity contribution is 5.87. The van der Waals surface area contributed by atoms with Crippen LogP contribution in [0.2, 0.25) is 0 Å². The summed E-state index contributed by atoms with van der Waals surface area (Å²) in [7, 11) is 0. The van der Waals surface area contributed by atoms with Crippen LogP contribution in [0, 0.1) is 11.3 Å². The lowest BCUT2D eigenvalue weighted by Crippen LogP contribution is -2.58. The third-order valence-electron chi connectivity index (χ3n) is 6.94. The molecule has 8 heteroatoms. The second-order valence-electron chi connectivity index (χ2n) is 9.43. The number of amides is 3. The number of carbonyl (C=O) groups is 2. The van der Waals surface area contributed by atoms with Crippen molar-refractivity contribution in [2.75, 3.05) is 26.3 Å². The van der Waals surface area contributed by atoms with E-state index in [0.29, 0.717) is 45.6 Å². The molecule has 2 bridgehead atoms. The van der Waals surface area contributed by atoms with E-state index in [1.165, 1.54) is 0 Å². The number of alkyl halides is 2. The number of morpholine rings is 1. The molecule has 1 saturated carbocycles. The molecule has 4 fully saturated rings. The molecule has 3 saturated heterocycles. The SMILES string of the molecule is CC(C)C[C@H](NC(=O)N1C2CCC1CC1(C2)CC1(F)F)C(=O)N1CCOCC1. The monoisotopic (exact) mass is 399 g/mol. The van der Waals surface area contributed by atoms with Crippen LogP contribution in [0.1, 0.15) is 52.4 Å². The Morgan fingerprint density at radius 2 is 1.71 bits per heavy atom. The molecule has 1 spiro atoms. The zero-order valence-corrected chi connectivity index (χ0v) is 16.8. The minimum absolute atomic E-state index is 0.0338. The van der Waals surface area contributed by atoms with Crippen LogP contribution in [0.15, 0.2) is 0 Å². The number of rotatable bonds is 4. The summed E-state index contributed by atoms with van der Waals surface area (Å²) >= 11 is 0. The predicted octanol–water partition coefficient (Wildman–Crippen LogP) is 2.62. The Balaban J connectivity index is 1.42. The van der Waals surface area contributed by atoms with E-state index >= 15 is 0 Å².